The second-order valence-corrected chi connectivity index (χ2v) is 5.26. The smallest absolute Gasteiger partial charge is 0.264 e. The molecule has 23 heavy (non-hydrogen) atoms. The average Bonchev–Trinajstić information content (AvgIpc) is 3.00. The molecule has 3 aromatic rings. The Hall–Kier alpha value is -2.11. The van der Waals surface area contributed by atoms with E-state index in [1.54, 1.807) is 0 Å². The lowest BCUT2D eigenvalue weighted by molar-refractivity contribution is 0.244. The van der Waals surface area contributed by atoms with Gasteiger partial charge in [0.2, 0.25) is 0 Å². The van der Waals surface area contributed by atoms with Crippen LogP contribution in [0.1, 0.15) is 18.6 Å². The van der Waals surface area contributed by atoms with Crippen LogP contribution in [-0.2, 0) is 13.0 Å². The summed E-state index contributed by atoms with van der Waals surface area (Å²) < 4.78 is 11.1. The summed E-state index contributed by atoms with van der Waals surface area (Å²) >= 11 is 0. The maximum Gasteiger partial charge on any atom is 0.264 e. The lowest BCUT2D eigenvalue weighted by Crippen LogP contribution is -2.24. The zero-order valence-corrected chi connectivity index (χ0v) is 14.0. The highest BCUT2D eigenvalue weighted by Crippen LogP contribution is 2.25. The second-order valence-electron chi connectivity index (χ2n) is 5.26. The first-order valence-electron chi connectivity index (χ1n) is 7.35. The fraction of sp³-hybridized carbons (Fsp3) is 0.294. The van der Waals surface area contributed by atoms with Crippen molar-refractivity contribution in [2.24, 2.45) is 0 Å². The molecule has 0 aliphatic carbocycles. The summed E-state index contributed by atoms with van der Waals surface area (Å²) in [6.45, 7) is 2.34. The average molecular weight is 334 g/mol. The molecule has 2 aromatic carbocycles. The fourth-order valence-electron chi connectivity index (χ4n) is 2.27. The van der Waals surface area contributed by atoms with Gasteiger partial charge in [0.25, 0.3) is 5.89 Å². The molecule has 0 fully saturated rings. The number of nitrogens with zero attached hydrogens (tertiary/aromatic N) is 2. The predicted octanol–water partition coefficient (Wildman–Crippen LogP) is 3.37. The molecule has 5 nitrogen and oxygen atoms in total. The van der Waals surface area contributed by atoms with Gasteiger partial charge in [-0.05, 0) is 25.4 Å². The van der Waals surface area contributed by atoms with Crippen molar-refractivity contribution in [2.75, 3.05) is 7.05 Å². The van der Waals surface area contributed by atoms with Gasteiger partial charge in [-0.15, -0.1) is 12.4 Å². The third kappa shape index (κ3) is 4.21. The number of hydrogen-bond donors (Lipinski definition) is 1. The zero-order chi connectivity index (χ0) is 15.4. The number of benzene rings is 2. The Kier molecular flexibility index (Phi) is 5.96. The maximum atomic E-state index is 5.84. The third-order valence-corrected chi connectivity index (χ3v) is 3.59. The van der Waals surface area contributed by atoms with E-state index in [-0.39, 0.29) is 19.0 Å². The summed E-state index contributed by atoms with van der Waals surface area (Å²) in [6.07, 6.45) is 0.730. The van der Waals surface area contributed by atoms with Gasteiger partial charge >= 0.3 is 0 Å². The molecule has 6 heteroatoms. The van der Waals surface area contributed by atoms with Gasteiger partial charge in [-0.25, -0.2) is 0 Å². The van der Waals surface area contributed by atoms with Gasteiger partial charge in [-0.2, -0.15) is 4.98 Å². The number of rotatable bonds is 6. The standard InChI is InChI=1S/C17H19N3O2.ClH/c1-12(18-2)10-16-19-17(22-20-16)11-21-15-9-5-7-13-6-3-4-8-14(13)15;/h3-9,12,18H,10-11H2,1-2H3;1H. The Morgan fingerprint density at radius 3 is 2.78 bits per heavy atom. The van der Waals surface area contributed by atoms with Crippen LogP contribution in [0.3, 0.4) is 0 Å². The predicted molar refractivity (Wildman–Crippen MR) is 92.1 cm³/mol. The molecule has 1 aromatic heterocycles. The van der Waals surface area contributed by atoms with E-state index in [0.717, 1.165) is 22.9 Å². The number of ether oxygens (including phenoxy) is 1. The van der Waals surface area contributed by atoms with E-state index >= 15 is 0 Å². The molecule has 1 atom stereocenters. The Labute approximate surface area is 141 Å². The molecule has 0 saturated carbocycles. The van der Waals surface area contributed by atoms with Gasteiger partial charge in [0.05, 0.1) is 0 Å². The van der Waals surface area contributed by atoms with Crippen LogP contribution < -0.4 is 10.1 Å². The van der Waals surface area contributed by atoms with E-state index in [9.17, 15) is 0 Å². The lowest BCUT2D eigenvalue weighted by Gasteiger charge is -2.07. The van der Waals surface area contributed by atoms with Gasteiger partial charge in [-0.1, -0.05) is 41.6 Å². The van der Waals surface area contributed by atoms with E-state index in [1.165, 1.54) is 0 Å². The van der Waals surface area contributed by atoms with Crippen molar-refractivity contribution in [3.05, 3.63) is 54.2 Å². The van der Waals surface area contributed by atoms with Crippen LogP contribution in [-0.4, -0.2) is 23.2 Å². The SMILES string of the molecule is CNC(C)Cc1noc(COc2cccc3ccccc23)n1.Cl. The van der Waals surface area contributed by atoms with Crippen molar-refractivity contribution in [3.63, 3.8) is 0 Å². The van der Waals surface area contributed by atoms with Crippen LogP contribution in [0.5, 0.6) is 5.75 Å². The summed E-state index contributed by atoms with van der Waals surface area (Å²) in [5, 5.41) is 9.34. The van der Waals surface area contributed by atoms with Gasteiger partial charge in [-0.3, -0.25) is 0 Å². The number of fused-ring (bicyclic) bond motifs is 1. The van der Waals surface area contributed by atoms with E-state index in [2.05, 4.69) is 34.5 Å². The zero-order valence-electron chi connectivity index (χ0n) is 13.2. The van der Waals surface area contributed by atoms with Crippen LogP contribution in [0.25, 0.3) is 10.8 Å². The molecular formula is C17H20ClN3O2. The molecule has 3 rings (SSSR count). The molecule has 0 saturated heterocycles. The largest absolute Gasteiger partial charge is 0.483 e. The van der Waals surface area contributed by atoms with E-state index in [0.29, 0.717) is 17.8 Å². The molecule has 0 bridgehead atoms. The van der Waals surface area contributed by atoms with Crippen molar-refractivity contribution in [1.82, 2.24) is 15.5 Å². The van der Waals surface area contributed by atoms with E-state index < -0.39 is 0 Å². The number of halogens is 1. The minimum Gasteiger partial charge on any atom is -0.483 e. The molecule has 122 valence electrons. The highest BCUT2D eigenvalue weighted by molar-refractivity contribution is 5.88. The minimum absolute atomic E-state index is 0. The molecular weight excluding hydrogens is 314 g/mol. The molecule has 0 aliphatic rings. The highest BCUT2D eigenvalue weighted by Gasteiger charge is 2.10. The van der Waals surface area contributed by atoms with Crippen molar-refractivity contribution < 1.29 is 9.26 Å². The third-order valence-electron chi connectivity index (χ3n) is 3.59. The van der Waals surface area contributed by atoms with E-state index in [1.807, 2.05) is 37.4 Å². The summed E-state index contributed by atoms with van der Waals surface area (Å²) in [5.74, 6) is 2.01. The normalized spacial score (nSPS) is 11.9. The molecule has 0 spiro atoms. The summed E-state index contributed by atoms with van der Waals surface area (Å²) in [5.41, 5.74) is 0. The first kappa shape index (κ1) is 17.2. The Balaban J connectivity index is 0.00000192. The van der Waals surface area contributed by atoms with Crippen molar-refractivity contribution in [1.29, 1.82) is 0 Å². The quantitative estimate of drug-likeness (QED) is 0.749. The van der Waals surface area contributed by atoms with E-state index in [4.69, 9.17) is 9.26 Å². The minimum atomic E-state index is 0. The van der Waals surface area contributed by atoms with Gasteiger partial charge in [0, 0.05) is 17.8 Å². The van der Waals surface area contributed by atoms with Crippen molar-refractivity contribution in [3.8, 4) is 5.75 Å². The number of aromatic nitrogens is 2. The first-order chi connectivity index (χ1) is 10.8. The van der Waals surface area contributed by atoms with Gasteiger partial charge in [0.15, 0.2) is 12.4 Å². The Morgan fingerprint density at radius 2 is 1.96 bits per heavy atom. The van der Waals surface area contributed by atoms with Crippen LogP contribution in [0, 0.1) is 0 Å². The highest BCUT2D eigenvalue weighted by atomic mass is 35.5. The topological polar surface area (TPSA) is 60.2 Å². The molecule has 1 N–H and O–H groups in total. The Morgan fingerprint density at radius 1 is 1.17 bits per heavy atom. The van der Waals surface area contributed by atoms with Crippen LogP contribution in [0.15, 0.2) is 47.0 Å². The number of nitrogens with one attached hydrogen (secondary N) is 1. The van der Waals surface area contributed by atoms with Crippen LogP contribution >= 0.6 is 12.4 Å². The van der Waals surface area contributed by atoms with Crippen LogP contribution in [0.2, 0.25) is 0 Å². The Bertz CT molecular complexity index is 755. The monoisotopic (exact) mass is 333 g/mol. The first-order valence-corrected chi connectivity index (χ1v) is 7.35. The second kappa shape index (κ2) is 7.94. The summed E-state index contributed by atoms with van der Waals surface area (Å²) in [6, 6.07) is 14.4. The fourth-order valence-corrected chi connectivity index (χ4v) is 2.27. The molecule has 1 unspecified atom stereocenters. The maximum absolute atomic E-state index is 5.84. The molecule has 0 amide bonds. The van der Waals surface area contributed by atoms with Crippen molar-refractivity contribution in [2.45, 2.75) is 26.0 Å². The summed E-state index contributed by atoms with van der Waals surface area (Å²) in [7, 11) is 1.91. The lowest BCUT2D eigenvalue weighted by atomic mass is 10.1. The van der Waals surface area contributed by atoms with Gasteiger partial charge in [0.1, 0.15) is 5.75 Å². The molecule has 1 heterocycles. The molecule has 0 aliphatic heterocycles. The number of likely N-dealkylation sites (N-methyl/N-ethyl adjacent to an activating group) is 1. The summed E-state index contributed by atoms with van der Waals surface area (Å²) in [4.78, 5) is 4.35. The van der Waals surface area contributed by atoms with Crippen molar-refractivity contribution >= 4 is 23.2 Å². The molecule has 0 radical (unpaired) electrons. The number of hydrogen-bond acceptors (Lipinski definition) is 5. The van der Waals surface area contributed by atoms with Crippen LogP contribution in [0.4, 0.5) is 0 Å². The van der Waals surface area contributed by atoms with Gasteiger partial charge < -0.3 is 14.6 Å².